The van der Waals surface area contributed by atoms with Crippen LogP contribution in [-0.4, -0.2) is 0 Å². The fourth-order valence-corrected chi connectivity index (χ4v) is 7.44. The van der Waals surface area contributed by atoms with Gasteiger partial charge in [0, 0.05) is 0 Å². The number of hydrogen-bond donors (Lipinski definition) is 0. The molecule has 0 spiro atoms. The SMILES string of the molecule is CCC1CCCCC(C)CC2=CC3C4CCCC4CCC3C2CCC1. The molecule has 0 aromatic carbocycles. The van der Waals surface area contributed by atoms with Crippen molar-refractivity contribution < 1.29 is 0 Å². The highest BCUT2D eigenvalue weighted by Gasteiger charge is 2.47. The molecular weight excluding hydrogens is 300 g/mol. The summed E-state index contributed by atoms with van der Waals surface area (Å²) in [5.41, 5.74) is 1.93. The molecule has 4 rings (SSSR count). The largest absolute Gasteiger partial charge is 0.0813 e. The molecule has 0 heteroatoms. The number of fused-ring (bicyclic) bond motifs is 5. The second kappa shape index (κ2) is 8.18. The van der Waals surface area contributed by atoms with Crippen molar-refractivity contribution in [3.63, 3.8) is 0 Å². The summed E-state index contributed by atoms with van der Waals surface area (Å²) >= 11 is 0. The highest BCUT2D eigenvalue weighted by Crippen LogP contribution is 2.56. The fourth-order valence-electron chi connectivity index (χ4n) is 7.44. The Morgan fingerprint density at radius 1 is 0.800 bits per heavy atom. The van der Waals surface area contributed by atoms with Crippen LogP contribution in [0.1, 0.15) is 104 Å². The van der Waals surface area contributed by atoms with E-state index in [0.29, 0.717) is 0 Å². The van der Waals surface area contributed by atoms with E-state index in [2.05, 4.69) is 19.9 Å². The first-order valence-corrected chi connectivity index (χ1v) is 12.0. The zero-order valence-electron chi connectivity index (χ0n) is 17.0. The smallest absolute Gasteiger partial charge is 0.0166 e. The van der Waals surface area contributed by atoms with Crippen LogP contribution in [0.2, 0.25) is 0 Å². The highest BCUT2D eigenvalue weighted by molar-refractivity contribution is 5.22. The van der Waals surface area contributed by atoms with E-state index in [-0.39, 0.29) is 0 Å². The molecule has 3 fully saturated rings. The van der Waals surface area contributed by atoms with Crippen molar-refractivity contribution in [2.75, 3.05) is 0 Å². The maximum absolute atomic E-state index is 2.87. The predicted octanol–water partition coefficient (Wildman–Crippen LogP) is 7.78. The van der Waals surface area contributed by atoms with E-state index >= 15 is 0 Å². The number of hydrogen-bond acceptors (Lipinski definition) is 0. The monoisotopic (exact) mass is 342 g/mol. The molecule has 4 aliphatic rings. The lowest BCUT2D eigenvalue weighted by atomic mass is 9.66. The third-order valence-electron chi connectivity index (χ3n) is 8.83. The molecule has 0 nitrogen and oxygen atoms in total. The summed E-state index contributed by atoms with van der Waals surface area (Å²) in [6.07, 6.45) is 24.0. The Balaban J connectivity index is 1.50. The Morgan fingerprint density at radius 3 is 2.48 bits per heavy atom. The van der Waals surface area contributed by atoms with Gasteiger partial charge in [-0.25, -0.2) is 0 Å². The third-order valence-corrected chi connectivity index (χ3v) is 8.83. The summed E-state index contributed by atoms with van der Waals surface area (Å²) < 4.78 is 0. The van der Waals surface area contributed by atoms with Gasteiger partial charge in [0.25, 0.3) is 0 Å². The zero-order valence-corrected chi connectivity index (χ0v) is 17.0. The van der Waals surface area contributed by atoms with Crippen molar-refractivity contribution >= 4 is 0 Å². The van der Waals surface area contributed by atoms with Crippen LogP contribution in [-0.2, 0) is 0 Å². The van der Waals surface area contributed by atoms with Crippen molar-refractivity contribution in [1.29, 1.82) is 0 Å². The topological polar surface area (TPSA) is 0 Å². The van der Waals surface area contributed by atoms with E-state index in [1.54, 1.807) is 25.7 Å². The van der Waals surface area contributed by atoms with Crippen LogP contribution < -0.4 is 0 Å². The highest BCUT2D eigenvalue weighted by atomic mass is 14.5. The van der Waals surface area contributed by atoms with Crippen LogP contribution in [0, 0.1) is 41.4 Å². The quantitative estimate of drug-likeness (QED) is 0.427. The van der Waals surface area contributed by atoms with Crippen molar-refractivity contribution in [2.24, 2.45) is 41.4 Å². The van der Waals surface area contributed by atoms with E-state index in [4.69, 9.17) is 0 Å². The summed E-state index contributed by atoms with van der Waals surface area (Å²) in [7, 11) is 0. The Morgan fingerprint density at radius 2 is 1.60 bits per heavy atom. The van der Waals surface area contributed by atoms with Crippen LogP contribution in [0.5, 0.6) is 0 Å². The standard InChI is InChI=1S/C25H42/c1-3-19-9-5-4-8-18(2)16-21-17-25-22-13-7-11-20(22)14-15-24(25)23(21)12-6-10-19/h17-20,22-25H,3-16H2,1-2H3. The van der Waals surface area contributed by atoms with Gasteiger partial charge in [-0.2, -0.15) is 0 Å². The molecular formula is C25H42. The molecule has 0 bridgehead atoms. The minimum atomic E-state index is 0.924. The minimum Gasteiger partial charge on any atom is -0.0813 e. The summed E-state index contributed by atoms with van der Waals surface area (Å²) in [6, 6.07) is 0. The van der Waals surface area contributed by atoms with E-state index in [1.165, 1.54) is 64.2 Å². The van der Waals surface area contributed by atoms with Gasteiger partial charge >= 0.3 is 0 Å². The van der Waals surface area contributed by atoms with Crippen LogP contribution in [0.25, 0.3) is 0 Å². The zero-order chi connectivity index (χ0) is 17.2. The van der Waals surface area contributed by atoms with Crippen molar-refractivity contribution in [3.05, 3.63) is 11.6 Å². The summed E-state index contributed by atoms with van der Waals surface area (Å²) in [4.78, 5) is 0. The average molecular weight is 343 g/mol. The van der Waals surface area contributed by atoms with Crippen molar-refractivity contribution in [3.8, 4) is 0 Å². The molecule has 3 saturated carbocycles. The second-order valence-electron chi connectivity index (χ2n) is 10.3. The van der Waals surface area contributed by atoms with Crippen molar-refractivity contribution in [1.82, 2.24) is 0 Å². The molecule has 7 unspecified atom stereocenters. The molecule has 0 radical (unpaired) electrons. The summed E-state index contributed by atoms with van der Waals surface area (Å²) in [5.74, 6) is 7.13. The Kier molecular flexibility index (Phi) is 5.93. The molecule has 0 heterocycles. The lowest BCUT2D eigenvalue weighted by Crippen LogP contribution is -2.31. The molecule has 0 aromatic rings. The number of allylic oxidation sites excluding steroid dienone is 2. The van der Waals surface area contributed by atoms with Gasteiger partial charge in [-0.1, -0.05) is 83.3 Å². The molecule has 0 aliphatic heterocycles. The van der Waals surface area contributed by atoms with E-state index in [0.717, 1.165) is 41.4 Å². The molecule has 25 heavy (non-hydrogen) atoms. The van der Waals surface area contributed by atoms with Gasteiger partial charge in [-0.05, 0) is 73.5 Å². The van der Waals surface area contributed by atoms with Gasteiger partial charge in [-0.3, -0.25) is 0 Å². The van der Waals surface area contributed by atoms with Gasteiger partial charge in [0.15, 0.2) is 0 Å². The van der Waals surface area contributed by atoms with E-state index in [9.17, 15) is 0 Å². The normalized spacial score (nSPS) is 45.5. The van der Waals surface area contributed by atoms with Crippen LogP contribution >= 0.6 is 0 Å². The second-order valence-corrected chi connectivity index (χ2v) is 10.3. The van der Waals surface area contributed by atoms with Crippen LogP contribution in [0.3, 0.4) is 0 Å². The van der Waals surface area contributed by atoms with E-state index in [1.807, 2.05) is 5.57 Å². The first-order chi connectivity index (χ1) is 12.3. The summed E-state index contributed by atoms with van der Waals surface area (Å²) in [5, 5.41) is 0. The van der Waals surface area contributed by atoms with Gasteiger partial charge in [0.2, 0.25) is 0 Å². The van der Waals surface area contributed by atoms with Gasteiger partial charge in [-0.15, -0.1) is 0 Å². The van der Waals surface area contributed by atoms with Crippen molar-refractivity contribution in [2.45, 2.75) is 104 Å². The molecule has 0 aromatic heterocycles. The minimum absolute atomic E-state index is 0.924. The molecule has 0 N–H and O–H groups in total. The maximum atomic E-state index is 2.87. The lowest BCUT2D eigenvalue weighted by Gasteiger charge is -2.39. The fraction of sp³-hybridized carbons (Fsp3) is 0.920. The number of rotatable bonds is 1. The predicted molar refractivity (Wildman–Crippen MR) is 108 cm³/mol. The lowest BCUT2D eigenvalue weighted by molar-refractivity contribution is 0.124. The molecule has 7 atom stereocenters. The first-order valence-electron chi connectivity index (χ1n) is 12.0. The van der Waals surface area contributed by atoms with E-state index < -0.39 is 0 Å². The molecule has 0 amide bonds. The first kappa shape index (κ1) is 18.1. The average Bonchev–Trinajstić information content (AvgIpc) is 3.20. The summed E-state index contributed by atoms with van der Waals surface area (Å²) in [6.45, 7) is 4.97. The van der Waals surface area contributed by atoms with Gasteiger partial charge in [0.1, 0.15) is 0 Å². The Bertz CT molecular complexity index is 461. The maximum Gasteiger partial charge on any atom is -0.0166 e. The Labute approximate surface area is 157 Å². The van der Waals surface area contributed by atoms with Gasteiger partial charge in [0.05, 0.1) is 0 Å². The molecule has 4 aliphatic carbocycles. The molecule has 0 saturated heterocycles. The van der Waals surface area contributed by atoms with Crippen LogP contribution in [0.15, 0.2) is 11.6 Å². The van der Waals surface area contributed by atoms with Crippen LogP contribution in [0.4, 0.5) is 0 Å². The Hall–Kier alpha value is -0.260. The third kappa shape index (κ3) is 3.89. The van der Waals surface area contributed by atoms with Gasteiger partial charge < -0.3 is 0 Å². The molecule has 142 valence electrons.